The molecule has 0 fully saturated rings. The Hall–Kier alpha value is -3.73. The molecule has 0 aliphatic carbocycles. The molecule has 4 aromatic rings. The van der Waals surface area contributed by atoms with Crippen LogP contribution in [0, 0.1) is 6.92 Å². The minimum atomic E-state index is -4.42. The second kappa shape index (κ2) is 7.02. The van der Waals surface area contributed by atoms with E-state index in [4.69, 9.17) is 0 Å². The lowest BCUT2D eigenvalue weighted by Gasteiger charge is -2.11. The van der Waals surface area contributed by atoms with Crippen molar-refractivity contribution in [2.24, 2.45) is 0 Å². The molecule has 2 aromatic carbocycles. The van der Waals surface area contributed by atoms with Crippen molar-refractivity contribution >= 4 is 28.6 Å². The third-order valence-electron chi connectivity index (χ3n) is 4.12. The summed E-state index contributed by atoms with van der Waals surface area (Å²) in [5.41, 5.74) is 2.93. The molecule has 0 amide bonds. The highest BCUT2D eigenvalue weighted by Crippen LogP contribution is 2.30. The Bertz CT molecular complexity index is 1170. The molecule has 2 heterocycles. The fraction of sp³-hybridized carbons (Fsp3) is 0.111. The average molecular weight is 401 g/mol. The standard InChI is InChI=1S/C18H14F3N7O/c1-10-22-13-4-2-3-5-14(13)28(10)17-25-15(24-16(26-17)27-29)23-12-8-6-11(7-9-12)18(19,20)21/h2-9,29H,1H3,(H2,23,24,25,26,27). The number of aryl methyl sites for hydroxylation is 1. The summed E-state index contributed by atoms with van der Waals surface area (Å²) in [5.74, 6) is 0.684. The van der Waals surface area contributed by atoms with Gasteiger partial charge in [0.2, 0.25) is 11.9 Å². The van der Waals surface area contributed by atoms with Crippen LogP contribution >= 0.6 is 0 Å². The van der Waals surface area contributed by atoms with Gasteiger partial charge in [0.1, 0.15) is 5.82 Å². The highest BCUT2D eigenvalue weighted by molar-refractivity contribution is 5.77. The fourth-order valence-corrected chi connectivity index (χ4v) is 2.84. The van der Waals surface area contributed by atoms with Crippen LogP contribution in [0.25, 0.3) is 17.0 Å². The van der Waals surface area contributed by atoms with Crippen LogP contribution in [0.1, 0.15) is 11.4 Å². The number of para-hydroxylation sites is 2. The van der Waals surface area contributed by atoms with Gasteiger partial charge in [-0.3, -0.25) is 9.77 Å². The normalized spacial score (nSPS) is 11.6. The zero-order valence-electron chi connectivity index (χ0n) is 14.9. The molecule has 0 aliphatic heterocycles. The van der Waals surface area contributed by atoms with E-state index < -0.39 is 11.7 Å². The van der Waals surface area contributed by atoms with Gasteiger partial charge in [-0.25, -0.2) is 10.5 Å². The lowest BCUT2D eigenvalue weighted by molar-refractivity contribution is -0.137. The van der Waals surface area contributed by atoms with Gasteiger partial charge in [-0.2, -0.15) is 28.1 Å². The minimum Gasteiger partial charge on any atom is -0.324 e. The first-order valence-corrected chi connectivity index (χ1v) is 8.40. The monoisotopic (exact) mass is 401 g/mol. The number of anilines is 3. The number of nitrogens with zero attached hydrogens (tertiary/aromatic N) is 5. The van der Waals surface area contributed by atoms with E-state index in [-0.39, 0.29) is 17.8 Å². The smallest absolute Gasteiger partial charge is 0.324 e. The number of benzene rings is 2. The van der Waals surface area contributed by atoms with Crippen molar-refractivity contribution in [1.29, 1.82) is 0 Å². The first kappa shape index (κ1) is 18.6. The van der Waals surface area contributed by atoms with Gasteiger partial charge in [0.05, 0.1) is 16.6 Å². The second-order valence-corrected chi connectivity index (χ2v) is 6.08. The van der Waals surface area contributed by atoms with E-state index in [9.17, 15) is 18.4 Å². The summed E-state index contributed by atoms with van der Waals surface area (Å²) in [5, 5.41) is 12.1. The molecule has 0 bridgehead atoms. The van der Waals surface area contributed by atoms with E-state index in [1.165, 1.54) is 12.1 Å². The molecule has 0 spiro atoms. The lowest BCUT2D eigenvalue weighted by atomic mass is 10.2. The number of fused-ring (bicyclic) bond motifs is 1. The van der Waals surface area contributed by atoms with E-state index in [1.807, 2.05) is 29.7 Å². The van der Waals surface area contributed by atoms with E-state index in [0.717, 1.165) is 23.2 Å². The zero-order valence-corrected chi connectivity index (χ0v) is 14.9. The maximum absolute atomic E-state index is 12.7. The van der Waals surface area contributed by atoms with Crippen LogP contribution in [0.2, 0.25) is 0 Å². The average Bonchev–Trinajstić information content (AvgIpc) is 3.03. The molecule has 3 N–H and O–H groups in total. The number of nitrogens with one attached hydrogen (secondary N) is 2. The maximum Gasteiger partial charge on any atom is 0.416 e. The number of alkyl halides is 3. The number of imidazole rings is 1. The third-order valence-corrected chi connectivity index (χ3v) is 4.12. The number of hydrogen-bond donors (Lipinski definition) is 3. The topological polar surface area (TPSA) is 101 Å². The largest absolute Gasteiger partial charge is 0.416 e. The van der Waals surface area contributed by atoms with Gasteiger partial charge < -0.3 is 5.32 Å². The van der Waals surface area contributed by atoms with Gasteiger partial charge in [-0.05, 0) is 43.3 Å². The summed E-state index contributed by atoms with van der Waals surface area (Å²) in [6, 6.07) is 11.8. The molecule has 0 saturated carbocycles. The summed E-state index contributed by atoms with van der Waals surface area (Å²) in [4.78, 5) is 16.9. The molecule has 8 nitrogen and oxygen atoms in total. The minimum absolute atomic E-state index is 0.0310. The van der Waals surface area contributed by atoms with Crippen molar-refractivity contribution in [1.82, 2.24) is 24.5 Å². The molecular weight excluding hydrogens is 387 g/mol. The Morgan fingerprint density at radius 3 is 2.28 bits per heavy atom. The molecular formula is C18H14F3N7O. The first-order valence-electron chi connectivity index (χ1n) is 8.40. The van der Waals surface area contributed by atoms with Crippen LogP contribution in [0.5, 0.6) is 0 Å². The Morgan fingerprint density at radius 2 is 1.59 bits per heavy atom. The Balaban J connectivity index is 1.73. The molecule has 148 valence electrons. The van der Waals surface area contributed by atoms with Crippen LogP contribution in [0.15, 0.2) is 48.5 Å². The van der Waals surface area contributed by atoms with Crippen molar-refractivity contribution in [3.8, 4) is 5.95 Å². The second-order valence-electron chi connectivity index (χ2n) is 6.08. The predicted octanol–water partition coefficient (Wildman–Crippen LogP) is 4.08. The van der Waals surface area contributed by atoms with Crippen LogP contribution in [0.4, 0.5) is 30.8 Å². The highest BCUT2D eigenvalue weighted by Gasteiger charge is 2.30. The molecule has 11 heteroatoms. The SMILES string of the molecule is Cc1nc2ccccc2n1-c1nc(NO)nc(Nc2ccc(C(F)(F)F)cc2)n1. The summed E-state index contributed by atoms with van der Waals surface area (Å²) in [6.45, 7) is 1.78. The lowest BCUT2D eigenvalue weighted by Crippen LogP contribution is -2.10. The van der Waals surface area contributed by atoms with Gasteiger partial charge in [0.15, 0.2) is 0 Å². The maximum atomic E-state index is 12.7. The van der Waals surface area contributed by atoms with E-state index in [1.54, 1.807) is 11.5 Å². The molecule has 29 heavy (non-hydrogen) atoms. The highest BCUT2D eigenvalue weighted by atomic mass is 19.4. The molecule has 0 atom stereocenters. The number of halogens is 3. The van der Waals surface area contributed by atoms with Gasteiger partial charge >= 0.3 is 6.18 Å². The van der Waals surface area contributed by atoms with Crippen LogP contribution in [-0.4, -0.2) is 29.7 Å². The first-order chi connectivity index (χ1) is 13.8. The number of rotatable bonds is 4. The predicted molar refractivity (Wildman–Crippen MR) is 99.3 cm³/mol. The number of aromatic nitrogens is 5. The van der Waals surface area contributed by atoms with Crippen LogP contribution in [-0.2, 0) is 6.18 Å². The molecule has 0 saturated heterocycles. The molecule has 4 rings (SSSR count). The molecule has 0 radical (unpaired) electrons. The van der Waals surface area contributed by atoms with Crippen molar-refractivity contribution < 1.29 is 18.4 Å². The molecule has 0 unspecified atom stereocenters. The summed E-state index contributed by atoms with van der Waals surface area (Å²) < 4.78 is 39.8. The van der Waals surface area contributed by atoms with Crippen LogP contribution in [0.3, 0.4) is 0 Å². The van der Waals surface area contributed by atoms with Crippen molar-refractivity contribution in [2.75, 3.05) is 10.8 Å². The fourth-order valence-electron chi connectivity index (χ4n) is 2.84. The molecule has 0 aliphatic rings. The van der Waals surface area contributed by atoms with Crippen LogP contribution < -0.4 is 10.8 Å². The van der Waals surface area contributed by atoms with Gasteiger partial charge in [-0.15, -0.1) is 0 Å². The van der Waals surface area contributed by atoms with Gasteiger partial charge in [0.25, 0.3) is 5.95 Å². The van der Waals surface area contributed by atoms with E-state index in [2.05, 4.69) is 25.3 Å². The summed E-state index contributed by atoms with van der Waals surface area (Å²) in [7, 11) is 0. The third kappa shape index (κ3) is 3.67. The Kier molecular flexibility index (Phi) is 4.51. The van der Waals surface area contributed by atoms with Crippen molar-refractivity contribution in [2.45, 2.75) is 13.1 Å². The van der Waals surface area contributed by atoms with Crippen molar-refractivity contribution in [3.63, 3.8) is 0 Å². The molecule has 2 aromatic heterocycles. The summed E-state index contributed by atoms with van der Waals surface area (Å²) in [6.07, 6.45) is -4.42. The zero-order chi connectivity index (χ0) is 20.6. The van der Waals surface area contributed by atoms with E-state index in [0.29, 0.717) is 11.5 Å². The Morgan fingerprint density at radius 1 is 0.897 bits per heavy atom. The Labute approximate surface area is 162 Å². The van der Waals surface area contributed by atoms with Gasteiger partial charge in [-0.1, -0.05) is 12.1 Å². The summed E-state index contributed by atoms with van der Waals surface area (Å²) >= 11 is 0. The quantitative estimate of drug-likeness (QED) is 0.443. The number of hydrogen-bond acceptors (Lipinski definition) is 7. The van der Waals surface area contributed by atoms with Gasteiger partial charge in [0, 0.05) is 5.69 Å². The van der Waals surface area contributed by atoms with E-state index >= 15 is 0 Å². The van der Waals surface area contributed by atoms with Crippen molar-refractivity contribution in [3.05, 3.63) is 59.9 Å².